The van der Waals surface area contributed by atoms with Gasteiger partial charge in [-0.1, -0.05) is 6.07 Å². The van der Waals surface area contributed by atoms with Crippen LogP contribution in [0.4, 0.5) is 19.0 Å². The van der Waals surface area contributed by atoms with Crippen LogP contribution in [0.2, 0.25) is 0 Å². The minimum atomic E-state index is -4.43. The molecule has 19 heavy (non-hydrogen) atoms. The van der Waals surface area contributed by atoms with Crippen molar-refractivity contribution < 1.29 is 17.9 Å². The standard InChI is InChI=1S/C12H14ClF3N2O/c1-8-6-18(7-9(5-13)19-8)11-4-2-3-10(17-11)12(14,15)16/h2-4,8-9H,5-7H2,1H3. The first-order valence-corrected chi connectivity index (χ1v) is 6.44. The van der Waals surface area contributed by atoms with Crippen molar-refractivity contribution in [1.29, 1.82) is 0 Å². The van der Waals surface area contributed by atoms with Crippen LogP contribution in [0, 0.1) is 0 Å². The van der Waals surface area contributed by atoms with Crippen LogP contribution in [0.5, 0.6) is 0 Å². The Morgan fingerprint density at radius 3 is 2.79 bits per heavy atom. The highest BCUT2D eigenvalue weighted by Crippen LogP contribution is 2.29. The monoisotopic (exact) mass is 294 g/mol. The highest BCUT2D eigenvalue weighted by molar-refractivity contribution is 6.18. The Morgan fingerprint density at radius 1 is 1.42 bits per heavy atom. The molecule has 0 radical (unpaired) electrons. The van der Waals surface area contributed by atoms with Gasteiger partial charge in [-0.2, -0.15) is 13.2 Å². The topological polar surface area (TPSA) is 25.4 Å². The normalized spacial score (nSPS) is 24.6. The number of morpholine rings is 1. The summed E-state index contributed by atoms with van der Waals surface area (Å²) in [7, 11) is 0. The van der Waals surface area contributed by atoms with E-state index < -0.39 is 11.9 Å². The molecule has 2 rings (SSSR count). The molecule has 2 heterocycles. The molecule has 0 bridgehead atoms. The van der Waals surface area contributed by atoms with E-state index in [-0.39, 0.29) is 12.2 Å². The highest BCUT2D eigenvalue weighted by Gasteiger charge is 2.33. The molecule has 0 N–H and O–H groups in total. The van der Waals surface area contributed by atoms with Gasteiger partial charge >= 0.3 is 6.18 Å². The number of pyridine rings is 1. The van der Waals surface area contributed by atoms with Gasteiger partial charge in [-0.15, -0.1) is 11.6 Å². The molecular weight excluding hydrogens is 281 g/mol. The maximum absolute atomic E-state index is 12.6. The van der Waals surface area contributed by atoms with Crippen LogP contribution in [-0.2, 0) is 10.9 Å². The fourth-order valence-corrected chi connectivity index (χ4v) is 2.25. The summed E-state index contributed by atoms with van der Waals surface area (Å²) in [5, 5.41) is 0. The zero-order valence-corrected chi connectivity index (χ0v) is 11.1. The Bertz CT molecular complexity index is 441. The van der Waals surface area contributed by atoms with Gasteiger partial charge in [0.1, 0.15) is 11.5 Å². The molecule has 0 aliphatic carbocycles. The van der Waals surface area contributed by atoms with Gasteiger partial charge in [0.2, 0.25) is 0 Å². The Kier molecular flexibility index (Phi) is 4.20. The lowest BCUT2D eigenvalue weighted by atomic mass is 10.2. The number of rotatable bonds is 2. The summed E-state index contributed by atoms with van der Waals surface area (Å²) in [6, 6.07) is 3.89. The summed E-state index contributed by atoms with van der Waals surface area (Å²) in [4.78, 5) is 5.45. The van der Waals surface area contributed by atoms with Gasteiger partial charge < -0.3 is 9.64 Å². The minimum absolute atomic E-state index is 0.0890. The molecule has 0 saturated carbocycles. The maximum atomic E-state index is 12.6. The number of hydrogen-bond donors (Lipinski definition) is 0. The van der Waals surface area contributed by atoms with E-state index in [1.165, 1.54) is 6.07 Å². The summed E-state index contributed by atoms with van der Waals surface area (Å²) in [5.74, 6) is 0.611. The first kappa shape index (κ1) is 14.4. The molecule has 1 aromatic heterocycles. The van der Waals surface area contributed by atoms with Gasteiger partial charge in [0.15, 0.2) is 0 Å². The van der Waals surface area contributed by atoms with Crippen LogP contribution in [0.3, 0.4) is 0 Å². The van der Waals surface area contributed by atoms with Crippen molar-refractivity contribution in [2.24, 2.45) is 0 Å². The SMILES string of the molecule is CC1CN(c2cccc(C(F)(F)F)n2)CC(CCl)O1. The zero-order valence-electron chi connectivity index (χ0n) is 10.3. The first-order chi connectivity index (χ1) is 8.90. The zero-order chi connectivity index (χ0) is 14.0. The van der Waals surface area contributed by atoms with Crippen molar-refractivity contribution in [3.8, 4) is 0 Å². The Morgan fingerprint density at radius 2 is 2.16 bits per heavy atom. The van der Waals surface area contributed by atoms with E-state index in [1.54, 1.807) is 11.0 Å². The minimum Gasteiger partial charge on any atom is -0.370 e. The molecule has 7 heteroatoms. The van der Waals surface area contributed by atoms with E-state index in [2.05, 4.69) is 4.98 Å². The van der Waals surface area contributed by atoms with Gasteiger partial charge in [0, 0.05) is 13.1 Å². The van der Waals surface area contributed by atoms with Crippen LogP contribution in [0.1, 0.15) is 12.6 Å². The summed E-state index contributed by atoms with van der Waals surface area (Å²) in [6.45, 7) is 2.81. The number of alkyl halides is 4. The van der Waals surface area contributed by atoms with Crippen molar-refractivity contribution in [2.75, 3.05) is 23.9 Å². The predicted molar refractivity (Wildman–Crippen MR) is 66.5 cm³/mol. The number of nitrogens with zero attached hydrogens (tertiary/aromatic N) is 2. The van der Waals surface area contributed by atoms with Crippen LogP contribution in [0.25, 0.3) is 0 Å². The van der Waals surface area contributed by atoms with Crippen molar-refractivity contribution >= 4 is 17.4 Å². The fraction of sp³-hybridized carbons (Fsp3) is 0.583. The predicted octanol–water partition coefficient (Wildman–Crippen LogP) is 2.93. The van der Waals surface area contributed by atoms with E-state index in [9.17, 15) is 13.2 Å². The third-order valence-corrected chi connectivity index (χ3v) is 3.19. The summed E-state index contributed by atoms with van der Waals surface area (Å²) in [5.41, 5.74) is -0.883. The number of ether oxygens (including phenoxy) is 1. The molecule has 0 amide bonds. The Balaban J connectivity index is 2.21. The number of anilines is 1. The molecule has 1 aliphatic heterocycles. The van der Waals surface area contributed by atoms with Gasteiger partial charge in [-0.25, -0.2) is 4.98 Å². The third kappa shape index (κ3) is 3.51. The largest absolute Gasteiger partial charge is 0.433 e. The van der Waals surface area contributed by atoms with E-state index in [1.807, 2.05) is 6.92 Å². The van der Waals surface area contributed by atoms with Gasteiger partial charge in [-0.3, -0.25) is 0 Å². The van der Waals surface area contributed by atoms with E-state index in [0.29, 0.717) is 24.8 Å². The van der Waals surface area contributed by atoms with Crippen molar-refractivity contribution in [1.82, 2.24) is 4.98 Å². The molecular formula is C12H14ClF3N2O. The molecule has 0 spiro atoms. The number of hydrogen-bond acceptors (Lipinski definition) is 3. The van der Waals surface area contributed by atoms with Crippen molar-refractivity contribution in [3.05, 3.63) is 23.9 Å². The molecule has 3 nitrogen and oxygen atoms in total. The second kappa shape index (κ2) is 5.54. The second-order valence-electron chi connectivity index (χ2n) is 4.51. The summed E-state index contributed by atoms with van der Waals surface area (Å²) >= 11 is 5.75. The molecule has 2 atom stereocenters. The lowest BCUT2D eigenvalue weighted by Crippen LogP contribution is -2.47. The Hall–Kier alpha value is -1.01. The van der Waals surface area contributed by atoms with Crippen LogP contribution in [-0.4, -0.2) is 36.2 Å². The van der Waals surface area contributed by atoms with Crippen molar-refractivity contribution in [2.45, 2.75) is 25.3 Å². The third-order valence-electron chi connectivity index (χ3n) is 2.85. The lowest BCUT2D eigenvalue weighted by molar-refractivity contribution is -0.141. The van der Waals surface area contributed by atoms with Gasteiger partial charge in [0.25, 0.3) is 0 Å². The molecule has 0 aromatic carbocycles. The molecule has 1 aliphatic rings. The van der Waals surface area contributed by atoms with Crippen LogP contribution < -0.4 is 4.90 Å². The van der Waals surface area contributed by atoms with Crippen molar-refractivity contribution in [3.63, 3.8) is 0 Å². The molecule has 106 valence electrons. The molecule has 2 unspecified atom stereocenters. The van der Waals surface area contributed by atoms with Gasteiger partial charge in [0.05, 0.1) is 18.1 Å². The first-order valence-electron chi connectivity index (χ1n) is 5.91. The smallest absolute Gasteiger partial charge is 0.370 e. The lowest BCUT2D eigenvalue weighted by Gasteiger charge is -2.36. The molecule has 1 saturated heterocycles. The van der Waals surface area contributed by atoms with Crippen LogP contribution >= 0.6 is 11.6 Å². The molecule has 1 fully saturated rings. The number of halogens is 4. The average molecular weight is 295 g/mol. The fourth-order valence-electron chi connectivity index (χ4n) is 2.07. The maximum Gasteiger partial charge on any atom is 0.433 e. The second-order valence-corrected chi connectivity index (χ2v) is 4.82. The quantitative estimate of drug-likeness (QED) is 0.784. The summed E-state index contributed by atoms with van der Waals surface area (Å²) in [6.07, 6.45) is -4.71. The van der Waals surface area contributed by atoms with Gasteiger partial charge in [-0.05, 0) is 19.1 Å². The molecule has 1 aromatic rings. The Labute approximate surface area is 114 Å². The van der Waals surface area contributed by atoms with E-state index in [4.69, 9.17) is 16.3 Å². The highest BCUT2D eigenvalue weighted by atomic mass is 35.5. The average Bonchev–Trinajstić information content (AvgIpc) is 2.37. The number of aromatic nitrogens is 1. The summed E-state index contributed by atoms with van der Waals surface area (Å²) < 4.78 is 43.4. The van der Waals surface area contributed by atoms with E-state index >= 15 is 0 Å². The van der Waals surface area contributed by atoms with E-state index in [0.717, 1.165) is 6.07 Å². The van der Waals surface area contributed by atoms with Crippen LogP contribution in [0.15, 0.2) is 18.2 Å².